The second-order valence-electron chi connectivity index (χ2n) is 5.87. The number of hydrogen-bond acceptors (Lipinski definition) is 5. The summed E-state index contributed by atoms with van der Waals surface area (Å²) in [4.78, 5) is 4.42. The summed E-state index contributed by atoms with van der Waals surface area (Å²) in [6.45, 7) is 2.04. The van der Waals surface area contributed by atoms with Crippen LogP contribution in [0.5, 0.6) is 5.75 Å². The Bertz CT molecular complexity index is 840. The van der Waals surface area contributed by atoms with E-state index >= 15 is 0 Å². The van der Waals surface area contributed by atoms with Gasteiger partial charge in [0.25, 0.3) is 0 Å². The predicted molar refractivity (Wildman–Crippen MR) is 87.3 cm³/mol. The van der Waals surface area contributed by atoms with Gasteiger partial charge in [0.2, 0.25) is 5.82 Å². The molecule has 2 aromatic carbocycles. The zero-order valence-electron chi connectivity index (χ0n) is 12.8. The lowest BCUT2D eigenvalue weighted by molar-refractivity contribution is 0.427. The molecule has 1 atom stereocenters. The Morgan fingerprint density at radius 2 is 2.00 bits per heavy atom. The van der Waals surface area contributed by atoms with Crippen LogP contribution < -0.4 is 5.32 Å². The number of anilines is 1. The molecule has 0 saturated heterocycles. The highest BCUT2D eigenvalue weighted by atomic mass is 16.5. The van der Waals surface area contributed by atoms with Gasteiger partial charge in [-0.05, 0) is 37.0 Å². The van der Waals surface area contributed by atoms with Crippen molar-refractivity contribution in [3.63, 3.8) is 0 Å². The molecule has 23 heavy (non-hydrogen) atoms. The lowest BCUT2D eigenvalue weighted by Gasteiger charge is -2.11. The summed E-state index contributed by atoms with van der Waals surface area (Å²) in [5.74, 6) is 0.930. The smallest absolute Gasteiger partial charge is 0.322 e. The first kappa shape index (κ1) is 13.8. The summed E-state index contributed by atoms with van der Waals surface area (Å²) >= 11 is 0. The maximum atomic E-state index is 9.91. The van der Waals surface area contributed by atoms with Crippen LogP contribution in [0, 0.1) is 6.92 Å². The molecule has 1 heterocycles. The Balaban J connectivity index is 1.55. The minimum Gasteiger partial charge on any atom is -0.508 e. The molecule has 3 aromatic rings. The average molecular weight is 307 g/mol. The predicted octanol–water partition coefficient (Wildman–Crippen LogP) is 3.85. The SMILES string of the molecule is Cc1ccc(-c2noc(NC3CCc4c(O)cccc43)n2)cc1. The third kappa shape index (κ3) is 2.54. The first-order chi connectivity index (χ1) is 11.2. The number of aromatic hydroxyl groups is 1. The first-order valence-corrected chi connectivity index (χ1v) is 7.69. The highest BCUT2D eigenvalue weighted by Crippen LogP contribution is 2.38. The van der Waals surface area contributed by atoms with Crippen molar-refractivity contribution in [2.45, 2.75) is 25.8 Å². The summed E-state index contributed by atoms with van der Waals surface area (Å²) in [6, 6.07) is 14.1. The number of rotatable bonds is 3. The number of benzene rings is 2. The van der Waals surface area contributed by atoms with E-state index in [4.69, 9.17) is 4.52 Å². The largest absolute Gasteiger partial charge is 0.508 e. The molecule has 116 valence electrons. The van der Waals surface area contributed by atoms with Crippen LogP contribution >= 0.6 is 0 Å². The van der Waals surface area contributed by atoms with Gasteiger partial charge in [-0.25, -0.2) is 0 Å². The Kier molecular flexibility index (Phi) is 3.26. The van der Waals surface area contributed by atoms with Gasteiger partial charge < -0.3 is 14.9 Å². The van der Waals surface area contributed by atoms with E-state index in [1.165, 1.54) is 5.56 Å². The van der Waals surface area contributed by atoms with E-state index < -0.39 is 0 Å². The molecule has 0 aliphatic heterocycles. The molecule has 1 aliphatic carbocycles. The van der Waals surface area contributed by atoms with Crippen LogP contribution in [0.25, 0.3) is 11.4 Å². The number of aryl methyl sites for hydroxylation is 1. The normalized spacial score (nSPS) is 16.3. The van der Waals surface area contributed by atoms with E-state index in [0.717, 1.165) is 29.5 Å². The number of nitrogens with one attached hydrogen (secondary N) is 1. The number of phenolic OH excluding ortho intramolecular Hbond substituents is 1. The molecule has 0 saturated carbocycles. The van der Waals surface area contributed by atoms with E-state index in [1.807, 2.05) is 43.3 Å². The van der Waals surface area contributed by atoms with E-state index in [2.05, 4.69) is 15.5 Å². The zero-order valence-corrected chi connectivity index (χ0v) is 12.8. The number of aromatic nitrogens is 2. The van der Waals surface area contributed by atoms with Crippen molar-refractivity contribution >= 4 is 6.01 Å². The van der Waals surface area contributed by atoms with Crippen molar-refractivity contribution in [2.24, 2.45) is 0 Å². The fourth-order valence-corrected chi connectivity index (χ4v) is 3.04. The van der Waals surface area contributed by atoms with Gasteiger partial charge in [0.15, 0.2) is 0 Å². The molecule has 5 nitrogen and oxygen atoms in total. The molecule has 5 heteroatoms. The standard InChI is InChI=1S/C18H17N3O2/c1-11-5-7-12(8-6-11)17-20-18(23-21-17)19-15-10-9-14-13(15)3-2-4-16(14)22/h2-8,15,22H,9-10H2,1H3,(H,19,20,21). The van der Waals surface area contributed by atoms with Gasteiger partial charge in [-0.3, -0.25) is 0 Å². The van der Waals surface area contributed by atoms with E-state index in [9.17, 15) is 5.11 Å². The van der Waals surface area contributed by atoms with Crippen molar-refractivity contribution in [1.29, 1.82) is 0 Å². The topological polar surface area (TPSA) is 71.2 Å². The lowest BCUT2D eigenvalue weighted by Crippen LogP contribution is -2.07. The van der Waals surface area contributed by atoms with Gasteiger partial charge in [0, 0.05) is 5.56 Å². The Morgan fingerprint density at radius 1 is 1.17 bits per heavy atom. The van der Waals surface area contributed by atoms with Crippen LogP contribution in [0.2, 0.25) is 0 Å². The number of phenols is 1. The maximum Gasteiger partial charge on any atom is 0.322 e. The van der Waals surface area contributed by atoms with Gasteiger partial charge in [-0.15, -0.1) is 0 Å². The molecule has 0 bridgehead atoms. The van der Waals surface area contributed by atoms with Crippen LogP contribution in [-0.4, -0.2) is 15.2 Å². The van der Waals surface area contributed by atoms with Gasteiger partial charge in [-0.2, -0.15) is 4.98 Å². The minimum absolute atomic E-state index is 0.0865. The maximum absolute atomic E-state index is 9.91. The van der Waals surface area contributed by atoms with Gasteiger partial charge in [0.05, 0.1) is 6.04 Å². The van der Waals surface area contributed by atoms with Gasteiger partial charge in [-0.1, -0.05) is 47.1 Å². The average Bonchev–Trinajstić information content (AvgIpc) is 3.17. The monoisotopic (exact) mass is 307 g/mol. The fourth-order valence-electron chi connectivity index (χ4n) is 3.04. The highest BCUT2D eigenvalue weighted by molar-refractivity contribution is 5.56. The molecular formula is C18H17N3O2. The molecule has 1 aliphatic rings. The van der Waals surface area contributed by atoms with Crippen LogP contribution in [0.15, 0.2) is 47.0 Å². The van der Waals surface area contributed by atoms with Crippen molar-refractivity contribution < 1.29 is 9.63 Å². The van der Waals surface area contributed by atoms with E-state index in [0.29, 0.717) is 17.6 Å². The van der Waals surface area contributed by atoms with Gasteiger partial charge in [0.1, 0.15) is 5.75 Å². The summed E-state index contributed by atoms with van der Waals surface area (Å²) in [5, 5.41) is 17.2. The molecule has 0 fully saturated rings. The fraction of sp³-hybridized carbons (Fsp3) is 0.222. The van der Waals surface area contributed by atoms with Gasteiger partial charge >= 0.3 is 6.01 Å². The van der Waals surface area contributed by atoms with Crippen LogP contribution in [0.1, 0.15) is 29.2 Å². The molecule has 4 rings (SSSR count). The molecule has 0 radical (unpaired) electrons. The van der Waals surface area contributed by atoms with E-state index in [-0.39, 0.29) is 6.04 Å². The van der Waals surface area contributed by atoms with Crippen molar-refractivity contribution in [1.82, 2.24) is 10.1 Å². The lowest BCUT2D eigenvalue weighted by atomic mass is 10.1. The third-order valence-corrected chi connectivity index (χ3v) is 4.28. The van der Waals surface area contributed by atoms with Crippen molar-refractivity contribution in [2.75, 3.05) is 5.32 Å². The third-order valence-electron chi connectivity index (χ3n) is 4.28. The molecule has 0 amide bonds. The van der Waals surface area contributed by atoms with Crippen LogP contribution in [0.4, 0.5) is 6.01 Å². The first-order valence-electron chi connectivity index (χ1n) is 7.69. The Hall–Kier alpha value is -2.82. The quantitative estimate of drug-likeness (QED) is 0.769. The second-order valence-corrected chi connectivity index (χ2v) is 5.87. The van der Waals surface area contributed by atoms with Crippen molar-refractivity contribution in [3.8, 4) is 17.1 Å². The van der Waals surface area contributed by atoms with Crippen LogP contribution in [-0.2, 0) is 6.42 Å². The summed E-state index contributed by atoms with van der Waals surface area (Å²) in [7, 11) is 0. The minimum atomic E-state index is 0.0865. The molecule has 0 spiro atoms. The number of nitrogens with zero attached hydrogens (tertiary/aromatic N) is 2. The summed E-state index contributed by atoms with van der Waals surface area (Å²) in [6.07, 6.45) is 1.74. The van der Waals surface area contributed by atoms with Crippen LogP contribution in [0.3, 0.4) is 0 Å². The Labute approximate surface area is 134 Å². The molecular weight excluding hydrogens is 290 g/mol. The molecule has 2 N–H and O–H groups in total. The summed E-state index contributed by atoms with van der Waals surface area (Å²) < 4.78 is 5.32. The zero-order chi connectivity index (χ0) is 15.8. The number of fused-ring (bicyclic) bond motifs is 1. The second kappa shape index (κ2) is 5.43. The highest BCUT2D eigenvalue weighted by Gasteiger charge is 2.26. The number of hydrogen-bond donors (Lipinski definition) is 2. The van der Waals surface area contributed by atoms with E-state index in [1.54, 1.807) is 6.07 Å². The summed E-state index contributed by atoms with van der Waals surface area (Å²) in [5.41, 5.74) is 4.22. The Morgan fingerprint density at radius 3 is 2.83 bits per heavy atom. The molecule has 1 unspecified atom stereocenters. The van der Waals surface area contributed by atoms with Crippen molar-refractivity contribution in [3.05, 3.63) is 59.2 Å². The molecule has 1 aromatic heterocycles.